The number of rotatable bonds is 0. The van der Waals surface area contributed by atoms with Crippen LogP contribution in [0.15, 0.2) is 60.7 Å². The highest BCUT2D eigenvalue weighted by atomic mass is 15.0. The van der Waals surface area contributed by atoms with Crippen molar-refractivity contribution in [3.8, 4) is 0 Å². The van der Waals surface area contributed by atoms with Gasteiger partial charge in [0.15, 0.2) is 0 Å². The van der Waals surface area contributed by atoms with Crippen LogP contribution in [0.1, 0.15) is 63.8 Å². The Kier molecular flexibility index (Phi) is 5.87. The standard InChI is InChI=1S/C16H17N.C13H20/c1-16(2,3)17-14-10-6-4-8-12(14)13-9-5-7-11-15(13)17;1-9-7-10(2)12(11(3)8-9)13(4,5)6/h4-11H,1-3H3;7-8H,1-6H3. The fourth-order valence-corrected chi connectivity index (χ4v) is 5.01. The van der Waals surface area contributed by atoms with Gasteiger partial charge in [0.25, 0.3) is 0 Å². The summed E-state index contributed by atoms with van der Waals surface area (Å²) in [6.07, 6.45) is 0. The van der Waals surface area contributed by atoms with Gasteiger partial charge < -0.3 is 4.57 Å². The lowest BCUT2D eigenvalue weighted by molar-refractivity contribution is 0.423. The van der Waals surface area contributed by atoms with Crippen molar-refractivity contribution in [1.82, 2.24) is 4.57 Å². The molecule has 1 aromatic heterocycles. The molecule has 0 atom stereocenters. The summed E-state index contributed by atoms with van der Waals surface area (Å²) in [5, 5.41) is 2.69. The Bertz CT molecular complexity index is 1100. The van der Waals surface area contributed by atoms with Gasteiger partial charge in [0.2, 0.25) is 0 Å². The summed E-state index contributed by atoms with van der Waals surface area (Å²) in [5.74, 6) is 0. The summed E-state index contributed by atoms with van der Waals surface area (Å²) in [6.45, 7) is 20.2. The first-order valence-electron chi connectivity index (χ1n) is 11.0. The molecule has 0 saturated carbocycles. The molecule has 4 aromatic rings. The maximum Gasteiger partial charge on any atom is 0.0496 e. The third kappa shape index (κ3) is 4.31. The molecule has 1 heteroatoms. The Labute approximate surface area is 182 Å². The normalized spacial score (nSPS) is 12.2. The monoisotopic (exact) mass is 399 g/mol. The first-order valence-corrected chi connectivity index (χ1v) is 11.0. The fraction of sp³-hybridized carbons (Fsp3) is 0.379. The second-order valence-electron chi connectivity index (χ2n) is 10.6. The molecule has 4 rings (SSSR count). The predicted molar refractivity (Wildman–Crippen MR) is 134 cm³/mol. The summed E-state index contributed by atoms with van der Waals surface area (Å²) < 4.78 is 2.43. The van der Waals surface area contributed by atoms with E-state index in [1.54, 1.807) is 0 Å². The number of hydrogen-bond acceptors (Lipinski definition) is 0. The van der Waals surface area contributed by atoms with E-state index >= 15 is 0 Å². The van der Waals surface area contributed by atoms with Crippen molar-refractivity contribution in [3.05, 3.63) is 82.9 Å². The number of para-hydroxylation sites is 2. The zero-order valence-electron chi connectivity index (χ0n) is 20.2. The molecule has 0 N–H and O–H groups in total. The van der Waals surface area contributed by atoms with Gasteiger partial charge in [-0.2, -0.15) is 0 Å². The average molecular weight is 400 g/mol. The molecule has 3 aromatic carbocycles. The fourth-order valence-electron chi connectivity index (χ4n) is 5.01. The Morgan fingerprint density at radius 3 is 1.37 bits per heavy atom. The molecule has 0 radical (unpaired) electrons. The van der Waals surface area contributed by atoms with E-state index in [0.29, 0.717) is 0 Å². The van der Waals surface area contributed by atoms with Crippen molar-refractivity contribution >= 4 is 21.8 Å². The maximum atomic E-state index is 2.43. The molecule has 0 fully saturated rings. The van der Waals surface area contributed by atoms with Crippen molar-refractivity contribution < 1.29 is 0 Å². The Morgan fingerprint density at radius 1 is 0.600 bits per heavy atom. The van der Waals surface area contributed by atoms with Crippen LogP contribution in [0.3, 0.4) is 0 Å². The molecule has 0 unspecified atom stereocenters. The Balaban J connectivity index is 0.000000178. The van der Waals surface area contributed by atoms with E-state index in [4.69, 9.17) is 0 Å². The quantitative estimate of drug-likeness (QED) is 0.279. The molecule has 0 spiro atoms. The van der Waals surface area contributed by atoms with Gasteiger partial charge in [0, 0.05) is 27.3 Å². The molecule has 158 valence electrons. The van der Waals surface area contributed by atoms with E-state index in [1.165, 1.54) is 44.1 Å². The van der Waals surface area contributed by atoms with Crippen LogP contribution in [0, 0.1) is 20.8 Å². The number of nitrogens with zero attached hydrogens (tertiary/aromatic N) is 1. The minimum absolute atomic E-state index is 0.0999. The number of hydrogen-bond donors (Lipinski definition) is 0. The molecular formula is C29H37N. The van der Waals surface area contributed by atoms with Crippen molar-refractivity contribution in [2.75, 3.05) is 0 Å². The van der Waals surface area contributed by atoms with E-state index in [1.807, 2.05) is 0 Å². The zero-order valence-corrected chi connectivity index (χ0v) is 20.2. The number of aromatic nitrogens is 1. The first kappa shape index (κ1) is 22.2. The van der Waals surface area contributed by atoms with Crippen molar-refractivity contribution in [2.24, 2.45) is 0 Å². The van der Waals surface area contributed by atoms with Gasteiger partial charge in [-0.15, -0.1) is 0 Å². The molecule has 1 heterocycles. The van der Waals surface area contributed by atoms with Crippen LogP contribution in [0.4, 0.5) is 0 Å². The minimum atomic E-state index is 0.0999. The zero-order chi connectivity index (χ0) is 22.3. The highest BCUT2D eigenvalue weighted by Crippen LogP contribution is 2.33. The van der Waals surface area contributed by atoms with Crippen LogP contribution < -0.4 is 0 Å². The molecule has 0 aliphatic heterocycles. The van der Waals surface area contributed by atoms with Crippen LogP contribution in [-0.4, -0.2) is 4.57 Å². The molecule has 0 saturated heterocycles. The molecule has 0 aliphatic rings. The number of benzene rings is 3. The van der Waals surface area contributed by atoms with Crippen LogP contribution in [0.5, 0.6) is 0 Å². The predicted octanol–water partition coefficient (Wildman–Crippen LogP) is 8.46. The van der Waals surface area contributed by atoms with E-state index < -0.39 is 0 Å². The highest BCUT2D eigenvalue weighted by molar-refractivity contribution is 6.08. The van der Waals surface area contributed by atoms with Crippen LogP contribution in [0.2, 0.25) is 0 Å². The Hall–Kier alpha value is -2.54. The third-order valence-corrected chi connectivity index (χ3v) is 5.68. The van der Waals surface area contributed by atoms with Crippen LogP contribution >= 0.6 is 0 Å². The summed E-state index contributed by atoms with van der Waals surface area (Å²) >= 11 is 0. The largest absolute Gasteiger partial charge is 0.335 e. The molecule has 0 amide bonds. The van der Waals surface area contributed by atoms with Gasteiger partial charge in [-0.3, -0.25) is 0 Å². The summed E-state index contributed by atoms with van der Waals surface area (Å²) in [4.78, 5) is 0. The maximum absolute atomic E-state index is 2.43. The van der Waals surface area contributed by atoms with Gasteiger partial charge in [-0.25, -0.2) is 0 Å². The van der Waals surface area contributed by atoms with Gasteiger partial charge in [0.1, 0.15) is 0 Å². The summed E-state index contributed by atoms with van der Waals surface area (Å²) in [7, 11) is 0. The van der Waals surface area contributed by atoms with E-state index in [0.717, 1.165) is 0 Å². The lowest BCUT2D eigenvalue weighted by atomic mass is 9.80. The van der Waals surface area contributed by atoms with Crippen LogP contribution in [-0.2, 0) is 11.0 Å². The van der Waals surface area contributed by atoms with Crippen molar-refractivity contribution in [2.45, 2.75) is 73.3 Å². The summed E-state index contributed by atoms with van der Waals surface area (Å²) in [5.41, 5.74) is 8.71. The first-order chi connectivity index (χ1) is 13.9. The average Bonchev–Trinajstić information content (AvgIpc) is 2.94. The molecule has 30 heavy (non-hydrogen) atoms. The highest BCUT2D eigenvalue weighted by Gasteiger charge is 2.20. The lowest BCUT2D eigenvalue weighted by Crippen LogP contribution is -2.21. The smallest absolute Gasteiger partial charge is 0.0496 e. The molecule has 1 nitrogen and oxygen atoms in total. The second-order valence-corrected chi connectivity index (χ2v) is 10.6. The number of fused-ring (bicyclic) bond motifs is 3. The van der Waals surface area contributed by atoms with E-state index in [9.17, 15) is 0 Å². The minimum Gasteiger partial charge on any atom is -0.335 e. The Morgan fingerprint density at radius 2 is 1.00 bits per heavy atom. The van der Waals surface area contributed by atoms with Crippen molar-refractivity contribution in [3.63, 3.8) is 0 Å². The lowest BCUT2D eigenvalue weighted by Gasteiger charge is -2.24. The molecule has 0 bridgehead atoms. The van der Waals surface area contributed by atoms with Crippen LogP contribution in [0.25, 0.3) is 21.8 Å². The van der Waals surface area contributed by atoms with Gasteiger partial charge in [-0.05, 0) is 75.8 Å². The van der Waals surface area contributed by atoms with E-state index in [2.05, 4.69) is 128 Å². The topological polar surface area (TPSA) is 4.93 Å². The van der Waals surface area contributed by atoms with Gasteiger partial charge >= 0.3 is 0 Å². The van der Waals surface area contributed by atoms with Crippen molar-refractivity contribution in [1.29, 1.82) is 0 Å². The van der Waals surface area contributed by atoms with Gasteiger partial charge in [0.05, 0.1) is 0 Å². The molecule has 0 aliphatic carbocycles. The third-order valence-electron chi connectivity index (χ3n) is 5.68. The van der Waals surface area contributed by atoms with Gasteiger partial charge in [-0.1, -0.05) is 74.9 Å². The second kappa shape index (κ2) is 7.95. The van der Waals surface area contributed by atoms with E-state index in [-0.39, 0.29) is 11.0 Å². The summed E-state index contributed by atoms with van der Waals surface area (Å²) in [6, 6.07) is 21.8. The SMILES string of the molecule is CC(C)(C)n1c2ccccc2c2ccccc21.Cc1cc(C)c(C(C)(C)C)c(C)c1. The number of aryl methyl sites for hydroxylation is 3. The molecular weight excluding hydrogens is 362 g/mol.